The van der Waals surface area contributed by atoms with Crippen LogP contribution in [0.15, 0.2) is 0 Å². The van der Waals surface area contributed by atoms with Crippen molar-refractivity contribution in [3.05, 3.63) is 0 Å². The molecule has 0 atom stereocenters. The Bertz CT molecular complexity index is 175. The van der Waals surface area contributed by atoms with E-state index in [2.05, 4.69) is 20.8 Å². The Kier molecular flexibility index (Phi) is 4.60. The van der Waals surface area contributed by atoms with Gasteiger partial charge in [-0.3, -0.25) is 0 Å². The zero-order valence-electron chi connectivity index (χ0n) is 10.8. The lowest BCUT2D eigenvalue weighted by molar-refractivity contribution is -0.0960. The molecule has 1 saturated heterocycles. The topological polar surface area (TPSA) is 18.5 Å². The van der Waals surface area contributed by atoms with Gasteiger partial charge in [-0.1, -0.05) is 27.2 Å². The van der Waals surface area contributed by atoms with Crippen molar-refractivity contribution in [2.75, 3.05) is 26.9 Å². The molecule has 1 fully saturated rings. The summed E-state index contributed by atoms with van der Waals surface area (Å²) in [7, 11) is 1.82. The summed E-state index contributed by atoms with van der Waals surface area (Å²) in [5.74, 6) is 0. The van der Waals surface area contributed by atoms with Crippen LogP contribution in [0.25, 0.3) is 0 Å². The molecule has 0 aliphatic carbocycles. The van der Waals surface area contributed by atoms with Crippen molar-refractivity contribution in [3.8, 4) is 0 Å². The molecule has 0 saturated carbocycles. The molecule has 0 bridgehead atoms. The highest BCUT2D eigenvalue weighted by molar-refractivity contribution is 4.94. The molecule has 0 spiro atoms. The average Bonchev–Trinajstić information content (AvgIpc) is 2.19. The Hall–Kier alpha value is -0.0800. The maximum absolute atomic E-state index is 5.49. The summed E-state index contributed by atoms with van der Waals surface area (Å²) in [6.07, 6.45) is 4.82. The van der Waals surface area contributed by atoms with Gasteiger partial charge in [0, 0.05) is 25.7 Å². The van der Waals surface area contributed by atoms with Crippen molar-refractivity contribution in [1.29, 1.82) is 0 Å². The molecule has 1 aliphatic rings. The van der Waals surface area contributed by atoms with Crippen LogP contribution >= 0.6 is 0 Å². The van der Waals surface area contributed by atoms with Crippen molar-refractivity contribution in [3.63, 3.8) is 0 Å². The predicted octanol–water partition coefficient (Wildman–Crippen LogP) is 3.26. The summed E-state index contributed by atoms with van der Waals surface area (Å²) in [4.78, 5) is 0. The third-order valence-corrected chi connectivity index (χ3v) is 4.18. The lowest BCUT2D eigenvalue weighted by Crippen LogP contribution is -2.45. The molecule has 1 heterocycles. The van der Waals surface area contributed by atoms with Crippen LogP contribution in [0, 0.1) is 10.8 Å². The normalized spacial score (nSPS) is 21.6. The van der Waals surface area contributed by atoms with Crippen molar-refractivity contribution >= 4 is 0 Å². The fourth-order valence-electron chi connectivity index (χ4n) is 2.95. The van der Waals surface area contributed by atoms with E-state index in [-0.39, 0.29) is 0 Å². The summed E-state index contributed by atoms with van der Waals surface area (Å²) in [6, 6.07) is 0. The van der Waals surface area contributed by atoms with Gasteiger partial charge in [0.1, 0.15) is 0 Å². The second kappa shape index (κ2) is 5.31. The molecule has 0 amide bonds. The fourth-order valence-corrected chi connectivity index (χ4v) is 2.95. The number of methoxy groups -OCH3 is 1. The molecule has 0 aromatic rings. The van der Waals surface area contributed by atoms with Crippen LogP contribution in [0.1, 0.15) is 46.5 Å². The minimum absolute atomic E-state index is 0.329. The first-order valence-electron chi connectivity index (χ1n) is 6.15. The molecule has 2 nitrogen and oxygen atoms in total. The van der Waals surface area contributed by atoms with Gasteiger partial charge in [0.2, 0.25) is 0 Å². The molecule has 0 N–H and O–H groups in total. The Morgan fingerprint density at radius 1 is 1.27 bits per heavy atom. The van der Waals surface area contributed by atoms with Crippen molar-refractivity contribution in [1.82, 2.24) is 0 Å². The smallest absolute Gasteiger partial charge is 0.0525 e. The fraction of sp³-hybridized carbons (Fsp3) is 1.00. The highest BCUT2D eigenvalue weighted by Gasteiger charge is 2.45. The number of hydrogen-bond donors (Lipinski definition) is 0. The lowest BCUT2D eigenvalue weighted by atomic mass is 9.60. The maximum atomic E-state index is 5.49. The molecule has 0 aromatic carbocycles. The van der Waals surface area contributed by atoms with Crippen LogP contribution in [-0.4, -0.2) is 26.9 Å². The third-order valence-electron chi connectivity index (χ3n) is 4.18. The molecule has 0 radical (unpaired) electrons. The van der Waals surface area contributed by atoms with Crippen LogP contribution in [0.2, 0.25) is 0 Å². The zero-order chi connectivity index (χ0) is 11.4. The minimum atomic E-state index is 0.329. The van der Waals surface area contributed by atoms with Crippen molar-refractivity contribution in [2.24, 2.45) is 10.8 Å². The molecular formula is C13H26O2. The largest absolute Gasteiger partial charge is 0.384 e. The van der Waals surface area contributed by atoms with E-state index in [1.54, 1.807) is 0 Å². The first-order chi connectivity index (χ1) is 7.08. The molecule has 0 unspecified atom stereocenters. The van der Waals surface area contributed by atoms with Crippen LogP contribution in [0.5, 0.6) is 0 Å². The molecule has 1 rings (SSSR count). The van der Waals surface area contributed by atoms with Gasteiger partial charge in [-0.05, 0) is 24.7 Å². The molecule has 15 heavy (non-hydrogen) atoms. The van der Waals surface area contributed by atoms with E-state index >= 15 is 0 Å². The summed E-state index contributed by atoms with van der Waals surface area (Å²) >= 11 is 0. The molecule has 2 heteroatoms. The standard InChI is InChI=1S/C13H26O2/c1-5-6-12(2,3)13(11-14-4)7-9-15-10-8-13/h5-11H2,1-4H3. The lowest BCUT2D eigenvalue weighted by Gasteiger charge is -2.49. The quantitative estimate of drug-likeness (QED) is 0.699. The van der Waals surface area contributed by atoms with Gasteiger partial charge < -0.3 is 9.47 Å². The van der Waals surface area contributed by atoms with E-state index in [0.29, 0.717) is 10.8 Å². The molecule has 1 aliphatic heterocycles. The number of rotatable bonds is 5. The predicted molar refractivity (Wildman–Crippen MR) is 63.1 cm³/mol. The Labute approximate surface area is 94.3 Å². The van der Waals surface area contributed by atoms with Crippen molar-refractivity contribution < 1.29 is 9.47 Å². The van der Waals surface area contributed by atoms with E-state index in [0.717, 1.165) is 32.7 Å². The van der Waals surface area contributed by atoms with Crippen LogP contribution < -0.4 is 0 Å². The van der Waals surface area contributed by atoms with E-state index < -0.39 is 0 Å². The molecule has 0 aromatic heterocycles. The molecular weight excluding hydrogens is 188 g/mol. The van der Waals surface area contributed by atoms with Crippen LogP contribution in [0.4, 0.5) is 0 Å². The summed E-state index contributed by atoms with van der Waals surface area (Å²) in [6.45, 7) is 9.72. The molecule has 90 valence electrons. The van der Waals surface area contributed by atoms with E-state index in [9.17, 15) is 0 Å². The van der Waals surface area contributed by atoms with Crippen LogP contribution in [0.3, 0.4) is 0 Å². The number of hydrogen-bond acceptors (Lipinski definition) is 2. The Morgan fingerprint density at radius 3 is 2.33 bits per heavy atom. The van der Waals surface area contributed by atoms with Crippen molar-refractivity contribution in [2.45, 2.75) is 46.5 Å². The van der Waals surface area contributed by atoms with Gasteiger partial charge in [-0.2, -0.15) is 0 Å². The third kappa shape index (κ3) is 2.73. The second-order valence-corrected chi connectivity index (χ2v) is 5.46. The van der Waals surface area contributed by atoms with Gasteiger partial charge in [-0.15, -0.1) is 0 Å². The summed E-state index contributed by atoms with van der Waals surface area (Å²) < 4.78 is 11.0. The van der Waals surface area contributed by atoms with E-state index in [4.69, 9.17) is 9.47 Å². The van der Waals surface area contributed by atoms with Gasteiger partial charge in [0.15, 0.2) is 0 Å². The van der Waals surface area contributed by atoms with Gasteiger partial charge in [-0.25, -0.2) is 0 Å². The Balaban J connectivity index is 2.77. The highest BCUT2D eigenvalue weighted by Crippen LogP contribution is 2.49. The van der Waals surface area contributed by atoms with E-state index in [1.165, 1.54) is 12.8 Å². The second-order valence-electron chi connectivity index (χ2n) is 5.46. The average molecular weight is 214 g/mol. The highest BCUT2D eigenvalue weighted by atomic mass is 16.5. The van der Waals surface area contributed by atoms with Gasteiger partial charge >= 0.3 is 0 Å². The SMILES string of the molecule is CCCC(C)(C)C1(COC)CCOCC1. The maximum Gasteiger partial charge on any atom is 0.0525 e. The van der Waals surface area contributed by atoms with Gasteiger partial charge in [0.25, 0.3) is 0 Å². The van der Waals surface area contributed by atoms with E-state index in [1.807, 2.05) is 7.11 Å². The van der Waals surface area contributed by atoms with Crippen LogP contribution in [-0.2, 0) is 9.47 Å². The first-order valence-corrected chi connectivity index (χ1v) is 6.15. The first kappa shape index (κ1) is 13.0. The summed E-state index contributed by atoms with van der Waals surface area (Å²) in [5.41, 5.74) is 0.692. The van der Waals surface area contributed by atoms with Gasteiger partial charge in [0.05, 0.1) is 6.61 Å². The monoisotopic (exact) mass is 214 g/mol. The number of ether oxygens (including phenoxy) is 2. The Morgan fingerprint density at radius 2 is 1.87 bits per heavy atom. The minimum Gasteiger partial charge on any atom is -0.384 e. The summed E-state index contributed by atoms with van der Waals surface area (Å²) in [5, 5.41) is 0. The zero-order valence-corrected chi connectivity index (χ0v) is 10.8.